The molecule has 25 heavy (non-hydrogen) atoms. The molecule has 2 N–H and O–H groups in total. The summed E-state index contributed by atoms with van der Waals surface area (Å²) in [6.45, 7) is 3.74. The highest BCUT2D eigenvalue weighted by atomic mass is 16.1. The van der Waals surface area contributed by atoms with Gasteiger partial charge in [0.25, 0.3) is 0 Å². The number of nitrogens with zero attached hydrogens (tertiary/aromatic N) is 1. The maximum absolute atomic E-state index is 12.0. The van der Waals surface area contributed by atoms with E-state index in [-0.39, 0.29) is 5.91 Å². The predicted molar refractivity (Wildman–Crippen MR) is 104 cm³/mol. The molecule has 0 saturated carbocycles. The van der Waals surface area contributed by atoms with Crippen LogP contribution >= 0.6 is 0 Å². The van der Waals surface area contributed by atoms with Crippen LogP contribution in [0.1, 0.15) is 31.2 Å². The molecule has 4 heteroatoms. The maximum Gasteiger partial charge on any atom is 0.225 e. The normalized spacial score (nSPS) is 14.3. The Labute approximate surface area is 150 Å². The van der Waals surface area contributed by atoms with Gasteiger partial charge in [-0.15, -0.1) is 0 Å². The average Bonchev–Trinajstić information content (AvgIpc) is 2.67. The smallest absolute Gasteiger partial charge is 0.225 e. The van der Waals surface area contributed by atoms with Crippen molar-refractivity contribution in [2.75, 3.05) is 29.9 Å². The van der Waals surface area contributed by atoms with Gasteiger partial charge in [-0.25, -0.2) is 0 Å². The molecule has 4 nitrogen and oxygen atoms in total. The van der Waals surface area contributed by atoms with Crippen molar-refractivity contribution in [1.29, 1.82) is 0 Å². The molecule has 2 aromatic carbocycles. The van der Waals surface area contributed by atoms with Crippen LogP contribution in [0.5, 0.6) is 0 Å². The van der Waals surface area contributed by atoms with Gasteiger partial charge in [0.1, 0.15) is 0 Å². The summed E-state index contributed by atoms with van der Waals surface area (Å²) < 4.78 is 0. The molecule has 0 aliphatic carbocycles. The van der Waals surface area contributed by atoms with Crippen LogP contribution in [-0.2, 0) is 11.3 Å². The Kier molecular flexibility index (Phi) is 6.46. The van der Waals surface area contributed by atoms with E-state index in [4.69, 9.17) is 0 Å². The van der Waals surface area contributed by atoms with Crippen molar-refractivity contribution in [3.05, 3.63) is 60.2 Å². The van der Waals surface area contributed by atoms with Crippen molar-refractivity contribution >= 4 is 17.3 Å². The van der Waals surface area contributed by atoms with Crippen molar-refractivity contribution < 1.29 is 4.79 Å². The van der Waals surface area contributed by atoms with E-state index in [0.29, 0.717) is 13.0 Å². The highest BCUT2D eigenvalue weighted by Gasteiger charge is 2.10. The molecule has 1 fully saturated rings. The third-order valence-corrected chi connectivity index (χ3v) is 4.57. The molecule has 1 saturated heterocycles. The van der Waals surface area contributed by atoms with E-state index in [9.17, 15) is 4.79 Å². The largest absolute Gasteiger partial charge is 0.372 e. The Morgan fingerprint density at radius 2 is 1.64 bits per heavy atom. The molecule has 0 atom stereocenters. The summed E-state index contributed by atoms with van der Waals surface area (Å²) in [7, 11) is 0. The second-order valence-electron chi connectivity index (χ2n) is 6.56. The number of carbonyl (C=O) groups is 1. The van der Waals surface area contributed by atoms with Crippen LogP contribution in [0, 0.1) is 0 Å². The van der Waals surface area contributed by atoms with Crippen LogP contribution in [0.2, 0.25) is 0 Å². The average molecular weight is 337 g/mol. The lowest BCUT2D eigenvalue weighted by Crippen LogP contribution is -2.29. The molecule has 1 aliphatic heterocycles. The van der Waals surface area contributed by atoms with Gasteiger partial charge in [0.15, 0.2) is 0 Å². The lowest BCUT2D eigenvalue weighted by atomic mass is 10.1. The fourth-order valence-electron chi connectivity index (χ4n) is 3.16. The fourth-order valence-corrected chi connectivity index (χ4v) is 3.16. The van der Waals surface area contributed by atoms with Crippen LogP contribution < -0.4 is 15.5 Å². The predicted octanol–water partition coefficient (Wildman–Crippen LogP) is 3.80. The SMILES string of the molecule is O=C(CCNCc1ccccc1)Nc1ccc(N2CCCCC2)cc1. The summed E-state index contributed by atoms with van der Waals surface area (Å²) in [6.07, 6.45) is 4.35. The molecule has 0 radical (unpaired) electrons. The minimum Gasteiger partial charge on any atom is -0.372 e. The zero-order chi connectivity index (χ0) is 17.3. The number of hydrogen-bond acceptors (Lipinski definition) is 3. The molecule has 132 valence electrons. The van der Waals surface area contributed by atoms with Crippen molar-refractivity contribution in [2.45, 2.75) is 32.2 Å². The molecule has 1 heterocycles. The van der Waals surface area contributed by atoms with Gasteiger partial charge >= 0.3 is 0 Å². The molecule has 1 amide bonds. The van der Waals surface area contributed by atoms with Gasteiger partial charge in [-0.05, 0) is 49.1 Å². The first kappa shape index (κ1) is 17.5. The van der Waals surface area contributed by atoms with Gasteiger partial charge in [0.05, 0.1) is 0 Å². The van der Waals surface area contributed by atoms with Crippen LogP contribution in [0.4, 0.5) is 11.4 Å². The first-order valence-corrected chi connectivity index (χ1v) is 9.21. The lowest BCUT2D eigenvalue weighted by Gasteiger charge is -2.28. The van der Waals surface area contributed by atoms with Crippen molar-refractivity contribution in [1.82, 2.24) is 5.32 Å². The van der Waals surface area contributed by atoms with E-state index in [1.54, 1.807) is 0 Å². The number of piperidine rings is 1. The number of nitrogens with one attached hydrogen (secondary N) is 2. The molecule has 0 aromatic heterocycles. The van der Waals surface area contributed by atoms with E-state index >= 15 is 0 Å². The van der Waals surface area contributed by atoms with Gasteiger partial charge in [-0.1, -0.05) is 30.3 Å². The number of amides is 1. The van der Waals surface area contributed by atoms with E-state index < -0.39 is 0 Å². The zero-order valence-electron chi connectivity index (χ0n) is 14.7. The number of carbonyl (C=O) groups excluding carboxylic acids is 1. The summed E-state index contributed by atoms with van der Waals surface area (Å²) in [5.74, 6) is 0.0475. The monoisotopic (exact) mass is 337 g/mol. The van der Waals surface area contributed by atoms with Gasteiger partial charge in [0, 0.05) is 44.0 Å². The molecule has 0 spiro atoms. The second kappa shape index (κ2) is 9.23. The molecular weight excluding hydrogens is 310 g/mol. The number of benzene rings is 2. The van der Waals surface area contributed by atoms with E-state index in [1.165, 1.54) is 30.5 Å². The number of anilines is 2. The standard InChI is InChI=1S/C21H27N3O/c25-21(13-14-22-17-18-7-3-1-4-8-18)23-19-9-11-20(12-10-19)24-15-5-2-6-16-24/h1,3-4,7-12,22H,2,5-6,13-17H2,(H,23,25). The van der Waals surface area contributed by atoms with Crippen molar-refractivity contribution in [3.8, 4) is 0 Å². The molecular formula is C21H27N3O. The Morgan fingerprint density at radius 1 is 0.920 bits per heavy atom. The Morgan fingerprint density at radius 3 is 2.36 bits per heavy atom. The molecule has 1 aliphatic rings. The summed E-state index contributed by atoms with van der Waals surface area (Å²) in [4.78, 5) is 14.5. The summed E-state index contributed by atoms with van der Waals surface area (Å²) >= 11 is 0. The maximum atomic E-state index is 12.0. The highest BCUT2D eigenvalue weighted by Crippen LogP contribution is 2.21. The summed E-state index contributed by atoms with van der Waals surface area (Å²) in [5, 5.41) is 6.28. The first-order chi connectivity index (χ1) is 12.3. The first-order valence-electron chi connectivity index (χ1n) is 9.21. The topological polar surface area (TPSA) is 44.4 Å². The van der Waals surface area contributed by atoms with Crippen LogP contribution in [-0.4, -0.2) is 25.5 Å². The number of rotatable bonds is 7. The van der Waals surface area contributed by atoms with Gasteiger partial charge < -0.3 is 15.5 Å². The van der Waals surface area contributed by atoms with E-state index in [2.05, 4.69) is 39.8 Å². The van der Waals surface area contributed by atoms with Gasteiger partial charge in [-0.2, -0.15) is 0 Å². The Balaban J connectivity index is 1.38. The molecule has 2 aromatic rings. The summed E-state index contributed by atoms with van der Waals surface area (Å²) in [5.41, 5.74) is 3.35. The number of hydrogen-bond donors (Lipinski definition) is 2. The third-order valence-electron chi connectivity index (χ3n) is 4.57. The van der Waals surface area contributed by atoms with Crippen LogP contribution in [0.15, 0.2) is 54.6 Å². The van der Waals surface area contributed by atoms with Gasteiger partial charge in [-0.3, -0.25) is 4.79 Å². The van der Waals surface area contributed by atoms with Crippen LogP contribution in [0.3, 0.4) is 0 Å². The van der Waals surface area contributed by atoms with Crippen molar-refractivity contribution in [3.63, 3.8) is 0 Å². The lowest BCUT2D eigenvalue weighted by molar-refractivity contribution is -0.116. The second-order valence-corrected chi connectivity index (χ2v) is 6.56. The molecule has 0 bridgehead atoms. The Bertz CT molecular complexity index is 649. The summed E-state index contributed by atoms with van der Waals surface area (Å²) in [6, 6.07) is 18.4. The van der Waals surface area contributed by atoms with Gasteiger partial charge in [0.2, 0.25) is 5.91 Å². The van der Waals surface area contributed by atoms with Crippen LogP contribution in [0.25, 0.3) is 0 Å². The third kappa shape index (κ3) is 5.61. The van der Waals surface area contributed by atoms with E-state index in [1.807, 2.05) is 30.3 Å². The quantitative estimate of drug-likeness (QED) is 0.756. The Hall–Kier alpha value is -2.33. The fraction of sp³-hybridized carbons (Fsp3) is 0.381. The van der Waals surface area contributed by atoms with E-state index in [0.717, 1.165) is 25.3 Å². The van der Waals surface area contributed by atoms with Crippen molar-refractivity contribution in [2.24, 2.45) is 0 Å². The molecule has 3 rings (SSSR count). The molecule has 0 unspecified atom stereocenters. The zero-order valence-corrected chi connectivity index (χ0v) is 14.7. The highest BCUT2D eigenvalue weighted by molar-refractivity contribution is 5.91. The minimum absolute atomic E-state index is 0.0475. The minimum atomic E-state index is 0.0475.